The maximum absolute atomic E-state index is 10.1. The summed E-state index contributed by atoms with van der Waals surface area (Å²) in [5.74, 6) is 0.964. The molecule has 0 fully saturated rings. The molecule has 4 nitrogen and oxygen atoms in total. The zero-order valence-corrected chi connectivity index (χ0v) is 13.2. The van der Waals surface area contributed by atoms with Crippen molar-refractivity contribution < 1.29 is 14.3 Å². The van der Waals surface area contributed by atoms with Gasteiger partial charge in [-0.15, -0.1) is 0 Å². The number of hydrogen-bond donors (Lipinski definition) is 1. The summed E-state index contributed by atoms with van der Waals surface area (Å²) >= 11 is 0. The fourth-order valence-corrected chi connectivity index (χ4v) is 3.37. The van der Waals surface area contributed by atoms with E-state index in [0.29, 0.717) is 17.7 Å². The van der Waals surface area contributed by atoms with Crippen LogP contribution in [0.4, 0.5) is 0 Å². The molecule has 0 aliphatic carbocycles. The van der Waals surface area contributed by atoms with E-state index in [4.69, 9.17) is 9.15 Å². The van der Waals surface area contributed by atoms with E-state index >= 15 is 0 Å². The van der Waals surface area contributed by atoms with Crippen molar-refractivity contribution >= 4 is 16.9 Å². The van der Waals surface area contributed by atoms with Gasteiger partial charge in [0.25, 0.3) is 0 Å². The molecule has 3 rings (SSSR count). The van der Waals surface area contributed by atoms with E-state index in [1.165, 1.54) is 12.0 Å². The fourth-order valence-electron chi connectivity index (χ4n) is 3.37. The van der Waals surface area contributed by atoms with Crippen LogP contribution in [-0.2, 0) is 4.74 Å². The highest BCUT2D eigenvalue weighted by atomic mass is 16.5. The molecule has 0 bridgehead atoms. The second-order valence-electron chi connectivity index (χ2n) is 7.32. The van der Waals surface area contributed by atoms with E-state index in [9.17, 15) is 5.11 Å². The lowest BCUT2D eigenvalue weighted by molar-refractivity contribution is 0.213. The molecule has 1 N–H and O–H groups in total. The Hall–Kier alpha value is -1.97. The molecule has 0 saturated carbocycles. The van der Waals surface area contributed by atoms with Gasteiger partial charge in [-0.05, 0) is 23.1 Å². The summed E-state index contributed by atoms with van der Waals surface area (Å²) in [5, 5.41) is 10.1. The first-order valence-corrected chi connectivity index (χ1v) is 7.15. The number of hydrogen-bond acceptors (Lipinski definition) is 4. The van der Waals surface area contributed by atoms with E-state index in [1.54, 1.807) is 6.07 Å². The second-order valence-corrected chi connectivity index (χ2v) is 7.32. The van der Waals surface area contributed by atoms with Gasteiger partial charge in [0.2, 0.25) is 0 Å². The first-order chi connectivity index (χ1) is 9.70. The lowest BCUT2D eigenvalue weighted by atomic mass is 9.71. The number of ether oxygens (including phenoxy) is 1. The molecule has 0 unspecified atom stereocenters. The summed E-state index contributed by atoms with van der Waals surface area (Å²) in [7, 11) is 0. The van der Waals surface area contributed by atoms with Crippen LogP contribution >= 0.6 is 0 Å². The van der Waals surface area contributed by atoms with Gasteiger partial charge in [-0.25, -0.2) is 4.98 Å². The van der Waals surface area contributed by atoms with Crippen molar-refractivity contribution in [3.63, 3.8) is 0 Å². The smallest absolute Gasteiger partial charge is 0.182 e. The third-order valence-electron chi connectivity index (χ3n) is 3.91. The minimum atomic E-state index is -0.0282. The number of phenolic OH excluding ortho intramolecular Hbond substituents is 1. The van der Waals surface area contributed by atoms with Crippen LogP contribution in [0.25, 0.3) is 16.9 Å². The minimum Gasteiger partial charge on any atom is -0.506 e. The number of aromatic nitrogens is 1. The van der Waals surface area contributed by atoms with Crippen LogP contribution in [0.2, 0.25) is 0 Å². The topological polar surface area (TPSA) is 55.5 Å². The van der Waals surface area contributed by atoms with Gasteiger partial charge in [0.15, 0.2) is 17.5 Å². The highest BCUT2D eigenvalue weighted by Crippen LogP contribution is 2.50. The molecule has 0 atom stereocenters. The van der Waals surface area contributed by atoms with Crippen LogP contribution in [0.1, 0.15) is 40.2 Å². The maximum Gasteiger partial charge on any atom is 0.182 e. The van der Waals surface area contributed by atoms with Crippen molar-refractivity contribution in [1.29, 1.82) is 0 Å². The average molecular weight is 287 g/mol. The molecule has 0 saturated heterocycles. The van der Waals surface area contributed by atoms with Gasteiger partial charge >= 0.3 is 0 Å². The lowest BCUT2D eigenvalue weighted by Gasteiger charge is -2.30. The molecule has 2 aromatic rings. The minimum absolute atomic E-state index is 0.0126. The number of fused-ring (bicyclic) bond motifs is 1. The van der Waals surface area contributed by atoms with Crippen LogP contribution in [-0.4, -0.2) is 16.7 Å². The number of benzene rings is 1. The van der Waals surface area contributed by atoms with Crippen LogP contribution in [0.15, 0.2) is 28.5 Å². The molecule has 112 valence electrons. The Balaban J connectivity index is 2.24. The summed E-state index contributed by atoms with van der Waals surface area (Å²) in [5.41, 5.74) is 3.11. The van der Waals surface area contributed by atoms with Gasteiger partial charge in [-0.2, -0.15) is 0 Å². The van der Waals surface area contributed by atoms with Crippen LogP contribution in [0, 0.1) is 10.8 Å². The van der Waals surface area contributed by atoms with E-state index in [2.05, 4.69) is 39.6 Å². The third kappa shape index (κ3) is 2.19. The first-order valence-electron chi connectivity index (χ1n) is 7.15. The molecule has 21 heavy (non-hydrogen) atoms. The molecule has 1 aromatic heterocycles. The van der Waals surface area contributed by atoms with Crippen molar-refractivity contribution in [2.75, 3.05) is 6.61 Å². The monoisotopic (exact) mass is 287 g/mol. The van der Waals surface area contributed by atoms with Gasteiger partial charge in [0.1, 0.15) is 11.5 Å². The number of rotatable bonds is 1. The predicted octanol–water partition coefficient (Wildman–Crippen LogP) is 4.35. The van der Waals surface area contributed by atoms with E-state index < -0.39 is 0 Å². The molecule has 1 aliphatic heterocycles. The number of aromatic hydroxyl groups is 1. The summed E-state index contributed by atoms with van der Waals surface area (Å²) in [6.45, 7) is 11.6. The summed E-state index contributed by atoms with van der Waals surface area (Å²) in [6.07, 6.45) is 1.34. The summed E-state index contributed by atoms with van der Waals surface area (Å²) < 4.78 is 11.3. The van der Waals surface area contributed by atoms with E-state index in [1.807, 2.05) is 6.07 Å². The Labute approximate surface area is 124 Å². The fraction of sp³-hybridized carbons (Fsp3) is 0.471. The molecule has 1 aliphatic rings. The zero-order valence-electron chi connectivity index (χ0n) is 13.2. The molecular weight excluding hydrogens is 266 g/mol. The van der Waals surface area contributed by atoms with Crippen molar-refractivity contribution in [2.24, 2.45) is 10.8 Å². The maximum atomic E-state index is 10.1. The highest BCUT2D eigenvalue weighted by Gasteiger charge is 2.41. The van der Waals surface area contributed by atoms with Crippen LogP contribution in [0.5, 0.6) is 5.75 Å². The molecule has 0 amide bonds. The van der Waals surface area contributed by atoms with Crippen molar-refractivity contribution in [3.8, 4) is 5.75 Å². The SMILES string of the molecule is CC(C)(C)C1=C(c2cc(O)c3ncoc3c2)OCC1(C)C. The molecular formula is C17H21NO3. The molecule has 1 aromatic carbocycles. The highest BCUT2D eigenvalue weighted by molar-refractivity contribution is 5.84. The van der Waals surface area contributed by atoms with Crippen molar-refractivity contribution in [1.82, 2.24) is 4.98 Å². The van der Waals surface area contributed by atoms with Crippen LogP contribution < -0.4 is 0 Å². The standard InChI is InChI=1S/C17H21NO3/c1-16(2,3)15-14(20-8-17(15,4)5)10-6-11(19)13-12(7-10)21-9-18-13/h6-7,9,19H,8H2,1-5H3. The first kappa shape index (κ1) is 14.0. The lowest BCUT2D eigenvalue weighted by Crippen LogP contribution is -2.24. The van der Waals surface area contributed by atoms with Gasteiger partial charge < -0.3 is 14.3 Å². The van der Waals surface area contributed by atoms with E-state index in [-0.39, 0.29) is 16.6 Å². The van der Waals surface area contributed by atoms with E-state index in [0.717, 1.165) is 11.3 Å². The Morgan fingerprint density at radius 1 is 1.24 bits per heavy atom. The van der Waals surface area contributed by atoms with Crippen molar-refractivity contribution in [2.45, 2.75) is 34.6 Å². The van der Waals surface area contributed by atoms with Gasteiger partial charge in [0, 0.05) is 11.0 Å². The Morgan fingerprint density at radius 3 is 2.62 bits per heavy atom. The van der Waals surface area contributed by atoms with Gasteiger partial charge in [-0.3, -0.25) is 0 Å². The predicted molar refractivity (Wildman–Crippen MR) is 81.8 cm³/mol. The number of phenols is 1. The van der Waals surface area contributed by atoms with Crippen LogP contribution in [0.3, 0.4) is 0 Å². The molecule has 0 radical (unpaired) electrons. The van der Waals surface area contributed by atoms with Gasteiger partial charge in [-0.1, -0.05) is 34.6 Å². The van der Waals surface area contributed by atoms with Crippen molar-refractivity contribution in [3.05, 3.63) is 29.7 Å². The molecule has 4 heteroatoms. The summed E-state index contributed by atoms with van der Waals surface area (Å²) in [6, 6.07) is 3.58. The summed E-state index contributed by atoms with van der Waals surface area (Å²) in [4.78, 5) is 4.01. The largest absolute Gasteiger partial charge is 0.506 e. The number of oxazole rings is 1. The Bertz CT molecular complexity index is 732. The zero-order chi connectivity index (χ0) is 15.4. The second kappa shape index (κ2) is 4.26. The quantitative estimate of drug-likeness (QED) is 0.847. The average Bonchev–Trinajstić information content (AvgIpc) is 2.91. The molecule has 2 heterocycles. The van der Waals surface area contributed by atoms with Gasteiger partial charge in [0.05, 0.1) is 6.61 Å². The Kier molecular flexibility index (Phi) is 2.84. The number of nitrogens with zero attached hydrogens (tertiary/aromatic N) is 1. The third-order valence-corrected chi connectivity index (χ3v) is 3.91. The Morgan fingerprint density at radius 2 is 1.95 bits per heavy atom. The normalized spacial score (nSPS) is 18.3. The molecule has 0 spiro atoms.